The highest BCUT2D eigenvalue weighted by molar-refractivity contribution is 5.95. The Morgan fingerprint density at radius 1 is 1.32 bits per heavy atom. The molecule has 0 radical (unpaired) electrons. The third kappa shape index (κ3) is 5.72. The summed E-state index contributed by atoms with van der Waals surface area (Å²) < 4.78 is 5.24. The van der Waals surface area contributed by atoms with Gasteiger partial charge in [0.25, 0.3) is 0 Å². The molecule has 1 unspecified atom stereocenters. The van der Waals surface area contributed by atoms with E-state index in [1.54, 1.807) is 7.11 Å². The van der Waals surface area contributed by atoms with Crippen molar-refractivity contribution in [2.75, 3.05) is 13.7 Å². The summed E-state index contributed by atoms with van der Waals surface area (Å²) in [4.78, 5) is 25.5. The summed E-state index contributed by atoms with van der Waals surface area (Å²) in [6.45, 7) is 2.74. The predicted molar refractivity (Wildman–Crippen MR) is 74.7 cm³/mol. The van der Waals surface area contributed by atoms with Crippen molar-refractivity contribution in [1.29, 1.82) is 0 Å². The standard InChI is InChI=1S/C15H27NO3/c1-3-4-5-6-7-10-14(17)16-11-8-9-13(19-2)12-15(16)18/h13H,3-12H2,1-2H3. The number of imide groups is 1. The van der Waals surface area contributed by atoms with Crippen LogP contribution in [0.5, 0.6) is 0 Å². The summed E-state index contributed by atoms with van der Waals surface area (Å²) in [7, 11) is 1.63. The Kier molecular flexibility index (Phi) is 7.72. The van der Waals surface area contributed by atoms with Crippen molar-refractivity contribution in [3.63, 3.8) is 0 Å². The van der Waals surface area contributed by atoms with Crippen molar-refractivity contribution in [3.05, 3.63) is 0 Å². The zero-order valence-electron chi connectivity index (χ0n) is 12.3. The van der Waals surface area contributed by atoms with Crippen molar-refractivity contribution in [2.45, 2.75) is 70.8 Å². The van der Waals surface area contributed by atoms with Crippen LogP contribution >= 0.6 is 0 Å². The van der Waals surface area contributed by atoms with Gasteiger partial charge in [0.15, 0.2) is 0 Å². The van der Waals surface area contributed by atoms with Crippen LogP contribution in [0.15, 0.2) is 0 Å². The fourth-order valence-electron chi connectivity index (χ4n) is 2.49. The smallest absolute Gasteiger partial charge is 0.231 e. The topological polar surface area (TPSA) is 46.6 Å². The highest BCUT2D eigenvalue weighted by Gasteiger charge is 2.27. The van der Waals surface area contributed by atoms with Gasteiger partial charge in [-0.3, -0.25) is 14.5 Å². The van der Waals surface area contributed by atoms with E-state index in [9.17, 15) is 9.59 Å². The molecule has 1 fully saturated rings. The Balaban J connectivity index is 2.32. The number of unbranched alkanes of at least 4 members (excludes halogenated alkanes) is 4. The minimum absolute atomic E-state index is 0.00162. The van der Waals surface area contributed by atoms with E-state index in [1.807, 2.05) is 0 Å². The Labute approximate surface area is 116 Å². The lowest BCUT2D eigenvalue weighted by molar-refractivity contribution is -0.145. The zero-order chi connectivity index (χ0) is 14.1. The first-order chi connectivity index (χ1) is 9.19. The van der Waals surface area contributed by atoms with Crippen molar-refractivity contribution < 1.29 is 14.3 Å². The molecule has 1 atom stereocenters. The molecule has 110 valence electrons. The molecular formula is C15H27NO3. The van der Waals surface area contributed by atoms with Crippen LogP contribution < -0.4 is 0 Å². The zero-order valence-corrected chi connectivity index (χ0v) is 12.3. The van der Waals surface area contributed by atoms with Crippen LogP contribution in [-0.4, -0.2) is 36.5 Å². The maximum absolute atomic E-state index is 12.1. The molecule has 0 aromatic rings. The minimum atomic E-state index is -0.0668. The fraction of sp³-hybridized carbons (Fsp3) is 0.867. The van der Waals surface area contributed by atoms with Gasteiger partial charge in [-0.05, 0) is 19.3 Å². The molecule has 2 amide bonds. The lowest BCUT2D eigenvalue weighted by Crippen LogP contribution is -2.37. The summed E-state index contributed by atoms with van der Waals surface area (Å²) in [6, 6.07) is 0. The molecule has 4 heteroatoms. The van der Waals surface area contributed by atoms with Crippen LogP contribution in [0.3, 0.4) is 0 Å². The predicted octanol–water partition coefficient (Wildman–Crippen LogP) is 2.90. The van der Waals surface area contributed by atoms with Crippen molar-refractivity contribution >= 4 is 11.8 Å². The van der Waals surface area contributed by atoms with Crippen molar-refractivity contribution in [2.24, 2.45) is 0 Å². The van der Waals surface area contributed by atoms with Crippen molar-refractivity contribution in [1.82, 2.24) is 4.90 Å². The molecule has 0 spiro atoms. The third-order valence-electron chi connectivity index (χ3n) is 3.74. The first kappa shape index (κ1) is 16.2. The minimum Gasteiger partial charge on any atom is -0.381 e. The maximum atomic E-state index is 12.1. The Morgan fingerprint density at radius 2 is 2.05 bits per heavy atom. The van der Waals surface area contributed by atoms with Gasteiger partial charge < -0.3 is 4.74 Å². The van der Waals surface area contributed by atoms with Crippen LogP contribution in [0.4, 0.5) is 0 Å². The summed E-state index contributed by atoms with van der Waals surface area (Å²) in [5, 5.41) is 0. The molecule has 1 rings (SSSR count). The molecule has 1 saturated heterocycles. The lowest BCUT2D eigenvalue weighted by atomic mass is 10.1. The van der Waals surface area contributed by atoms with Gasteiger partial charge in [0.2, 0.25) is 11.8 Å². The summed E-state index contributed by atoms with van der Waals surface area (Å²) in [5.74, 6) is -0.0684. The second-order valence-corrected chi connectivity index (χ2v) is 5.31. The molecule has 0 aromatic carbocycles. The number of methoxy groups -OCH3 is 1. The molecule has 4 nitrogen and oxygen atoms in total. The number of rotatable bonds is 7. The van der Waals surface area contributed by atoms with E-state index in [0.717, 1.165) is 25.7 Å². The fourth-order valence-corrected chi connectivity index (χ4v) is 2.49. The van der Waals surface area contributed by atoms with Crippen molar-refractivity contribution in [3.8, 4) is 0 Å². The summed E-state index contributed by atoms with van der Waals surface area (Å²) in [5.41, 5.74) is 0. The first-order valence-electron chi connectivity index (χ1n) is 7.55. The van der Waals surface area contributed by atoms with E-state index in [1.165, 1.54) is 24.2 Å². The molecule has 0 saturated carbocycles. The normalized spacial score (nSPS) is 20.4. The molecule has 19 heavy (non-hydrogen) atoms. The molecule has 1 aliphatic rings. The highest BCUT2D eigenvalue weighted by atomic mass is 16.5. The molecule has 0 bridgehead atoms. The van der Waals surface area contributed by atoms with E-state index < -0.39 is 0 Å². The van der Waals surface area contributed by atoms with E-state index >= 15 is 0 Å². The SMILES string of the molecule is CCCCCCCC(=O)N1CCCC(OC)CC1=O. The van der Waals surface area contributed by atoms with Crippen LogP contribution in [-0.2, 0) is 14.3 Å². The monoisotopic (exact) mass is 269 g/mol. The number of hydrogen-bond donors (Lipinski definition) is 0. The average molecular weight is 269 g/mol. The van der Waals surface area contributed by atoms with Gasteiger partial charge in [-0.2, -0.15) is 0 Å². The quantitative estimate of drug-likeness (QED) is 0.668. The van der Waals surface area contributed by atoms with Gasteiger partial charge >= 0.3 is 0 Å². The van der Waals surface area contributed by atoms with E-state index in [-0.39, 0.29) is 17.9 Å². The van der Waals surface area contributed by atoms with Crippen LogP contribution in [0.1, 0.15) is 64.7 Å². The maximum Gasteiger partial charge on any atom is 0.231 e. The number of hydrogen-bond acceptors (Lipinski definition) is 3. The number of amides is 2. The number of ether oxygens (including phenoxy) is 1. The average Bonchev–Trinajstić information content (AvgIpc) is 2.59. The van der Waals surface area contributed by atoms with Crippen LogP contribution in [0.2, 0.25) is 0 Å². The molecule has 0 N–H and O–H groups in total. The Hall–Kier alpha value is -0.900. The molecule has 1 aliphatic heterocycles. The molecule has 1 heterocycles. The second kappa shape index (κ2) is 9.08. The Morgan fingerprint density at radius 3 is 2.74 bits per heavy atom. The largest absolute Gasteiger partial charge is 0.381 e. The van der Waals surface area contributed by atoms with Gasteiger partial charge in [0, 0.05) is 20.1 Å². The summed E-state index contributed by atoms with van der Waals surface area (Å²) >= 11 is 0. The van der Waals surface area contributed by atoms with E-state index in [2.05, 4.69) is 6.92 Å². The van der Waals surface area contributed by atoms with E-state index in [4.69, 9.17) is 4.74 Å². The Bertz CT molecular complexity index is 291. The second-order valence-electron chi connectivity index (χ2n) is 5.31. The number of likely N-dealkylation sites (tertiary alicyclic amines) is 1. The van der Waals surface area contributed by atoms with Gasteiger partial charge in [-0.25, -0.2) is 0 Å². The summed E-state index contributed by atoms with van der Waals surface area (Å²) in [6.07, 6.45) is 8.15. The van der Waals surface area contributed by atoms with Gasteiger partial charge in [-0.15, -0.1) is 0 Å². The highest BCUT2D eigenvalue weighted by Crippen LogP contribution is 2.16. The molecule has 0 aliphatic carbocycles. The van der Waals surface area contributed by atoms with Crippen LogP contribution in [0, 0.1) is 0 Å². The van der Waals surface area contributed by atoms with Crippen LogP contribution in [0.25, 0.3) is 0 Å². The molecular weight excluding hydrogens is 242 g/mol. The number of nitrogens with zero attached hydrogens (tertiary/aromatic N) is 1. The third-order valence-corrected chi connectivity index (χ3v) is 3.74. The number of carbonyl (C=O) groups is 2. The molecule has 0 aromatic heterocycles. The first-order valence-corrected chi connectivity index (χ1v) is 7.55. The van der Waals surface area contributed by atoms with Gasteiger partial charge in [0.1, 0.15) is 0 Å². The van der Waals surface area contributed by atoms with Gasteiger partial charge in [-0.1, -0.05) is 32.6 Å². The van der Waals surface area contributed by atoms with Gasteiger partial charge in [0.05, 0.1) is 12.5 Å². The lowest BCUT2D eigenvalue weighted by Gasteiger charge is -2.18. The number of carbonyl (C=O) groups excluding carboxylic acids is 2. The van der Waals surface area contributed by atoms with E-state index in [0.29, 0.717) is 19.4 Å².